The summed E-state index contributed by atoms with van der Waals surface area (Å²) in [4.78, 5) is 3.25. The second kappa shape index (κ2) is 9.39. The van der Waals surface area contributed by atoms with E-state index in [9.17, 15) is 13.2 Å². The molecule has 0 unspecified atom stereocenters. The molecule has 0 aliphatic heterocycles. The molecule has 0 spiro atoms. The van der Waals surface area contributed by atoms with Gasteiger partial charge in [-0.15, -0.1) is 0 Å². The Bertz CT molecular complexity index is 667. The van der Waals surface area contributed by atoms with E-state index in [2.05, 4.69) is 4.89 Å². The molecule has 25 heavy (non-hydrogen) atoms. The normalized spacial score (nSPS) is 10.3. The van der Waals surface area contributed by atoms with Gasteiger partial charge in [0, 0.05) is 0 Å². The topological polar surface area (TPSA) is 29.5 Å². The Morgan fingerprint density at radius 3 is 1.00 bits per heavy atom. The van der Waals surface area contributed by atoms with Crippen molar-refractivity contribution in [2.24, 2.45) is 0 Å². The number of benzene rings is 3. The molecule has 6 heteroatoms. The van der Waals surface area contributed by atoms with Crippen LogP contribution in [0.3, 0.4) is 0 Å². The van der Waals surface area contributed by atoms with E-state index in [1.165, 1.54) is 43.5 Å². The summed E-state index contributed by atoms with van der Waals surface area (Å²) >= 11 is -1.70. The van der Waals surface area contributed by atoms with Gasteiger partial charge in [-0.2, -0.15) is 0 Å². The summed E-state index contributed by atoms with van der Waals surface area (Å²) in [7, 11) is 1.18. The van der Waals surface area contributed by atoms with Crippen LogP contribution in [0.5, 0.6) is 0 Å². The molecule has 3 aromatic carbocycles. The van der Waals surface area contributed by atoms with Crippen LogP contribution in [0, 0.1) is 17.5 Å². The van der Waals surface area contributed by atoms with Gasteiger partial charge in [-0.1, -0.05) is 0 Å². The molecule has 1 radical (unpaired) electrons. The summed E-state index contributed by atoms with van der Waals surface area (Å²) in [6, 6.07) is 18.9. The zero-order valence-corrected chi connectivity index (χ0v) is 15.0. The van der Waals surface area contributed by atoms with Gasteiger partial charge in [-0.25, -0.2) is 4.89 Å². The summed E-state index contributed by atoms with van der Waals surface area (Å²) in [5, 5.41) is 7.07. The Morgan fingerprint density at radius 2 is 0.800 bits per heavy atom. The first-order valence-electron chi connectivity index (χ1n) is 7.23. The number of halogens is 3. The fourth-order valence-electron chi connectivity index (χ4n) is 2.12. The van der Waals surface area contributed by atoms with Crippen LogP contribution in [0.25, 0.3) is 0 Å². The van der Waals surface area contributed by atoms with Gasteiger partial charge in [0.25, 0.3) is 0 Å². The number of hydrogen-bond acceptors (Lipinski definition) is 2. The third-order valence-corrected chi connectivity index (χ3v) is 7.83. The van der Waals surface area contributed by atoms with Gasteiger partial charge in [0.2, 0.25) is 0 Å². The number of hydrogen-bond donors (Lipinski definition) is 1. The molecule has 0 amide bonds. The first-order valence-corrected chi connectivity index (χ1v) is 9.80. The molecule has 3 aromatic rings. The molecule has 0 fully saturated rings. The van der Waals surface area contributed by atoms with Crippen LogP contribution in [-0.4, -0.2) is 26.3 Å². The Hall–Kier alpha value is -2.11. The van der Waals surface area contributed by atoms with Crippen LogP contribution < -0.4 is 13.4 Å². The van der Waals surface area contributed by atoms with E-state index in [1.54, 1.807) is 36.4 Å². The second-order valence-corrected chi connectivity index (χ2v) is 9.10. The Balaban J connectivity index is 0.000000701. The zero-order valence-electron chi connectivity index (χ0n) is 13.3. The zero-order chi connectivity index (χ0) is 18.2. The van der Waals surface area contributed by atoms with E-state index >= 15 is 0 Å². The molecule has 0 saturated carbocycles. The van der Waals surface area contributed by atoms with Crippen molar-refractivity contribution < 1.29 is 23.3 Å². The summed E-state index contributed by atoms with van der Waals surface area (Å²) in [6.45, 7) is 0. The van der Waals surface area contributed by atoms with Gasteiger partial charge >= 0.3 is 131 Å². The predicted molar refractivity (Wildman–Crippen MR) is 93.5 cm³/mol. The maximum atomic E-state index is 13.2. The van der Waals surface area contributed by atoms with Crippen molar-refractivity contribution in [3.8, 4) is 0 Å². The van der Waals surface area contributed by atoms with Crippen molar-refractivity contribution in [3.63, 3.8) is 0 Å². The monoisotopic (exact) mass is 413 g/mol. The van der Waals surface area contributed by atoms with Crippen molar-refractivity contribution in [2.75, 3.05) is 7.11 Å². The van der Waals surface area contributed by atoms with Crippen molar-refractivity contribution in [1.29, 1.82) is 0 Å². The Morgan fingerprint density at radius 1 is 0.600 bits per heavy atom. The Kier molecular flexibility index (Phi) is 7.22. The molecular weight excluding hydrogens is 396 g/mol. The predicted octanol–water partition coefficient (Wildman–Crippen LogP) is 2.73. The van der Waals surface area contributed by atoms with Crippen LogP contribution in [0.1, 0.15) is 0 Å². The van der Waals surface area contributed by atoms with Crippen LogP contribution >= 0.6 is 0 Å². The molecule has 0 aliphatic rings. The molecule has 3 rings (SSSR count). The molecule has 1 N–H and O–H groups in total. The molecular formula is C19H16F3O2Se. The average molecular weight is 412 g/mol. The van der Waals surface area contributed by atoms with Crippen LogP contribution in [0.2, 0.25) is 0 Å². The molecule has 131 valence electrons. The fraction of sp³-hybridized carbons (Fsp3) is 0.0526. The van der Waals surface area contributed by atoms with E-state index in [0.717, 1.165) is 13.4 Å². The van der Waals surface area contributed by atoms with Crippen molar-refractivity contribution in [2.45, 2.75) is 0 Å². The van der Waals surface area contributed by atoms with Gasteiger partial charge in [0.05, 0.1) is 7.11 Å². The first kappa shape index (κ1) is 19.2. The molecule has 0 aromatic heterocycles. The average Bonchev–Trinajstić information content (AvgIpc) is 2.61. The van der Waals surface area contributed by atoms with Gasteiger partial charge in [-0.3, -0.25) is 5.26 Å². The number of rotatable bonds is 3. The summed E-state index contributed by atoms with van der Waals surface area (Å²) in [5.74, 6) is -0.896. The van der Waals surface area contributed by atoms with E-state index in [0.29, 0.717) is 0 Å². The van der Waals surface area contributed by atoms with Crippen molar-refractivity contribution in [1.82, 2.24) is 0 Å². The molecule has 2 nitrogen and oxygen atoms in total. The van der Waals surface area contributed by atoms with E-state index < -0.39 is 13.9 Å². The first-order chi connectivity index (χ1) is 12.0. The fourth-order valence-corrected chi connectivity index (χ4v) is 6.40. The summed E-state index contributed by atoms with van der Waals surface area (Å²) < 4.78 is 42.5. The van der Waals surface area contributed by atoms with E-state index in [-0.39, 0.29) is 17.5 Å². The molecule has 0 saturated heterocycles. The van der Waals surface area contributed by atoms with Crippen LogP contribution in [0.15, 0.2) is 72.8 Å². The van der Waals surface area contributed by atoms with Crippen molar-refractivity contribution in [3.05, 3.63) is 90.2 Å². The van der Waals surface area contributed by atoms with Gasteiger partial charge in [-0.05, 0) is 0 Å². The second-order valence-electron chi connectivity index (χ2n) is 4.85. The van der Waals surface area contributed by atoms with Gasteiger partial charge < -0.3 is 0 Å². The standard InChI is InChI=1S/C18H12F3Se.CH4O2/c19-13-1-7-16(8-2-13)22(17-9-3-14(20)4-10-17)18-11-5-15(21)6-12-18;1-3-2/h1-12H;2H,1H3. The molecule has 0 heterocycles. The third-order valence-electron chi connectivity index (χ3n) is 3.15. The summed E-state index contributed by atoms with van der Waals surface area (Å²) in [5.41, 5.74) is 0. The van der Waals surface area contributed by atoms with E-state index in [1.807, 2.05) is 0 Å². The van der Waals surface area contributed by atoms with E-state index in [4.69, 9.17) is 5.26 Å². The van der Waals surface area contributed by atoms with Gasteiger partial charge in [0.15, 0.2) is 0 Å². The molecule has 0 aliphatic carbocycles. The van der Waals surface area contributed by atoms with Crippen LogP contribution in [-0.2, 0) is 4.89 Å². The molecule has 0 atom stereocenters. The quantitative estimate of drug-likeness (QED) is 0.407. The van der Waals surface area contributed by atoms with Crippen LogP contribution in [0.4, 0.5) is 13.2 Å². The minimum absolute atomic E-state index is 0.299. The maximum absolute atomic E-state index is 13.2. The minimum atomic E-state index is -1.70. The Labute approximate surface area is 148 Å². The van der Waals surface area contributed by atoms with Crippen molar-refractivity contribution >= 4 is 27.3 Å². The molecule has 0 bridgehead atoms. The summed E-state index contributed by atoms with van der Waals surface area (Å²) in [6.07, 6.45) is 0. The SMILES string of the molecule is COO.Fc1ccc([Se](c2ccc(F)cc2)c2ccc(F)cc2)cc1. The van der Waals surface area contributed by atoms with Gasteiger partial charge in [0.1, 0.15) is 0 Å². The third kappa shape index (κ3) is 5.44.